The van der Waals surface area contributed by atoms with Gasteiger partial charge in [0.1, 0.15) is 0 Å². The van der Waals surface area contributed by atoms with Gasteiger partial charge in [0.05, 0.1) is 22.4 Å². The van der Waals surface area contributed by atoms with E-state index in [0.29, 0.717) is 0 Å². The van der Waals surface area contributed by atoms with Crippen LogP contribution >= 0.6 is 0 Å². The topological polar surface area (TPSA) is 8.17 Å². The Kier molecular flexibility index (Phi) is 8.20. The summed E-state index contributed by atoms with van der Waals surface area (Å²) in [7, 11) is 0. The number of hydrogen-bond acceptors (Lipinski definition) is 1. The lowest BCUT2D eigenvalue weighted by molar-refractivity contribution is 0.660. The quantitative estimate of drug-likeness (QED) is 0.157. The van der Waals surface area contributed by atoms with E-state index in [1.54, 1.807) is 0 Å². The summed E-state index contributed by atoms with van der Waals surface area (Å²) < 4.78 is 2.41. The molecule has 11 rings (SSSR count). The minimum Gasteiger partial charge on any atom is -0.309 e. The van der Waals surface area contributed by atoms with Crippen LogP contribution in [0.5, 0.6) is 0 Å². The molecule has 280 valence electrons. The van der Waals surface area contributed by atoms with Crippen LogP contribution in [0.25, 0.3) is 72.0 Å². The number of anilines is 3. The van der Waals surface area contributed by atoms with Crippen molar-refractivity contribution in [3.63, 3.8) is 0 Å². The van der Waals surface area contributed by atoms with Crippen molar-refractivity contribution in [2.24, 2.45) is 0 Å². The van der Waals surface area contributed by atoms with Crippen molar-refractivity contribution in [2.45, 2.75) is 19.3 Å². The van der Waals surface area contributed by atoms with Crippen LogP contribution in [0.15, 0.2) is 218 Å². The van der Waals surface area contributed by atoms with Crippen LogP contribution in [0.4, 0.5) is 17.1 Å². The van der Waals surface area contributed by atoms with Crippen molar-refractivity contribution in [3.8, 4) is 50.2 Å². The molecule has 2 nitrogen and oxygen atoms in total. The predicted octanol–water partition coefficient (Wildman–Crippen LogP) is 15.6. The van der Waals surface area contributed by atoms with E-state index >= 15 is 0 Å². The Bertz CT molecular complexity index is 3190. The average molecular weight is 755 g/mol. The fraction of sp³-hybridized carbons (Fsp3) is 0.0526. The number of nitrogens with zero attached hydrogens (tertiary/aromatic N) is 2. The molecule has 0 radical (unpaired) electrons. The van der Waals surface area contributed by atoms with Crippen molar-refractivity contribution >= 4 is 38.9 Å². The third-order valence-electron chi connectivity index (χ3n) is 12.4. The molecule has 0 bridgehead atoms. The predicted molar refractivity (Wildman–Crippen MR) is 249 cm³/mol. The van der Waals surface area contributed by atoms with Crippen LogP contribution in [-0.2, 0) is 5.41 Å². The Morgan fingerprint density at radius 1 is 0.373 bits per heavy atom. The first-order valence-electron chi connectivity index (χ1n) is 20.5. The third kappa shape index (κ3) is 5.56. The summed E-state index contributed by atoms with van der Waals surface area (Å²) in [6.45, 7) is 4.72. The molecule has 0 atom stereocenters. The van der Waals surface area contributed by atoms with E-state index < -0.39 is 0 Å². The summed E-state index contributed by atoms with van der Waals surface area (Å²) in [5.74, 6) is 0. The zero-order chi connectivity index (χ0) is 39.5. The minimum atomic E-state index is -0.111. The fourth-order valence-electron chi connectivity index (χ4n) is 9.72. The molecule has 0 unspecified atom stereocenters. The second-order valence-corrected chi connectivity index (χ2v) is 16.1. The number of para-hydroxylation sites is 4. The maximum Gasteiger partial charge on any atom is 0.0561 e. The Labute approximate surface area is 345 Å². The summed E-state index contributed by atoms with van der Waals surface area (Å²) in [4.78, 5) is 2.50. The largest absolute Gasteiger partial charge is 0.309 e. The highest BCUT2D eigenvalue weighted by atomic mass is 15.1. The lowest BCUT2D eigenvalue weighted by Crippen LogP contribution is -2.15. The highest BCUT2D eigenvalue weighted by Gasteiger charge is 2.37. The molecule has 0 spiro atoms. The highest BCUT2D eigenvalue weighted by Crippen LogP contribution is 2.54. The van der Waals surface area contributed by atoms with Gasteiger partial charge in [0.15, 0.2) is 0 Å². The summed E-state index contributed by atoms with van der Waals surface area (Å²) in [6, 6.07) is 79.9. The van der Waals surface area contributed by atoms with E-state index in [-0.39, 0.29) is 5.41 Å². The van der Waals surface area contributed by atoms with Crippen LogP contribution < -0.4 is 4.90 Å². The van der Waals surface area contributed by atoms with Gasteiger partial charge in [-0.05, 0) is 87.0 Å². The zero-order valence-corrected chi connectivity index (χ0v) is 33.2. The Morgan fingerprint density at radius 2 is 0.898 bits per heavy atom. The smallest absolute Gasteiger partial charge is 0.0561 e. The molecule has 0 saturated carbocycles. The summed E-state index contributed by atoms with van der Waals surface area (Å²) in [6.07, 6.45) is 0. The van der Waals surface area contributed by atoms with E-state index in [0.717, 1.165) is 33.8 Å². The van der Waals surface area contributed by atoms with Crippen LogP contribution in [-0.4, -0.2) is 4.57 Å². The number of benzene rings is 9. The van der Waals surface area contributed by atoms with Crippen molar-refractivity contribution < 1.29 is 0 Å². The zero-order valence-electron chi connectivity index (χ0n) is 33.2. The maximum absolute atomic E-state index is 2.50. The molecule has 1 aliphatic carbocycles. The molecule has 1 heterocycles. The summed E-state index contributed by atoms with van der Waals surface area (Å²) in [5.41, 5.74) is 19.2. The lowest BCUT2D eigenvalue weighted by atomic mass is 9.82. The van der Waals surface area contributed by atoms with Gasteiger partial charge >= 0.3 is 0 Å². The number of aromatic nitrogens is 1. The van der Waals surface area contributed by atoms with Gasteiger partial charge in [-0.2, -0.15) is 0 Å². The first kappa shape index (κ1) is 34.8. The van der Waals surface area contributed by atoms with Crippen molar-refractivity contribution in [2.75, 3.05) is 4.90 Å². The summed E-state index contributed by atoms with van der Waals surface area (Å²) in [5, 5.41) is 2.46. The summed E-state index contributed by atoms with van der Waals surface area (Å²) >= 11 is 0. The van der Waals surface area contributed by atoms with E-state index in [4.69, 9.17) is 0 Å². The molecular formula is C57H42N2. The van der Waals surface area contributed by atoms with Crippen LogP contribution in [0, 0.1) is 0 Å². The molecule has 0 N–H and O–H groups in total. The monoisotopic (exact) mass is 754 g/mol. The second-order valence-electron chi connectivity index (χ2n) is 16.1. The molecule has 0 aliphatic heterocycles. The standard InChI is InChI=1S/C57H42N2/c1-57(2)50-31-15-11-29-49(50)56-48(30-19-32-51(56)57)46-28-14-18-35-54(46)59(52-33-16-12-26-44(52)43-25-10-9-24-42(43)39-20-5-3-6-21-39)41-36-37-47-45-27-13-17-34-53(45)58(55(47)38-41)40-22-7-4-8-23-40/h3-38H,1-2H3. The van der Waals surface area contributed by atoms with E-state index in [2.05, 4.69) is 242 Å². The third-order valence-corrected chi connectivity index (χ3v) is 12.4. The first-order valence-corrected chi connectivity index (χ1v) is 20.5. The normalized spacial score (nSPS) is 12.7. The van der Waals surface area contributed by atoms with Crippen molar-refractivity contribution in [1.29, 1.82) is 0 Å². The average Bonchev–Trinajstić information content (AvgIpc) is 3.75. The molecule has 59 heavy (non-hydrogen) atoms. The molecule has 1 aromatic heterocycles. The van der Waals surface area contributed by atoms with Gasteiger partial charge in [0.2, 0.25) is 0 Å². The van der Waals surface area contributed by atoms with Gasteiger partial charge in [0.25, 0.3) is 0 Å². The van der Waals surface area contributed by atoms with Gasteiger partial charge < -0.3 is 9.47 Å². The van der Waals surface area contributed by atoms with Crippen molar-refractivity contribution in [3.05, 3.63) is 230 Å². The number of hydrogen-bond donors (Lipinski definition) is 0. The van der Waals surface area contributed by atoms with Gasteiger partial charge in [-0.1, -0.05) is 190 Å². The van der Waals surface area contributed by atoms with E-state index in [1.165, 1.54) is 66.4 Å². The number of rotatable bonds is 7. The second kappa shape index (κ2) is 13.9. The molecular weight excluding hydrogens is 713 g/mol. The maximum atomic E-state index is 2.50. The molecule has 1 aliphatic rings. The minimum absolute atomic E-state index is 0.111. The molecule has 0 saturated heterocycles. The number of fused-ring (bicyclic) bond motifs is 6. The molecule has 2 heteroatoms. The van der Waals surface area contributed by atoms with Gasteiger partial charge in [-0.25, -0.2) is 0 Å². The Hall–Kier alpha value is -7.42. The Balaban J connectivity index is 1.21. The van der Waals surface area contributed by atoms with Crippen LogP contribution in [0.3, 0.4) is 0 Å². The van der Waals surface area contributed by atoms with Crippen LogP contribution in [0.2, 0.25) is 0 Å². The van der Waals surface area contributed by atoms with Gasteiger partial charge in [-0.15, -0.1) is 0 Å². The molecule has 9 aromatic carbocycles. The fourth-order valence-corrected chi connectivity index (χ4v) is 9.72. The van der Waals surface area contributed by atoms with Crippen LogP contribution in [0.1, 0.15) is 25.0 Å². The lowest BCUT2D eigenvalue weighted by Gasteiger charge is -2.31. The van der Waals surface area contributed by atoms with Gasteiger partial charge in [-0.3, -0.25) is 0 Å². The highest BCUT2D eigenvalue weighted by molar-refractivity contribution is 6.11. The molecule has 0 amide bonds. The van der Waals surface area contributed by atoms with E-state index in [1.807, 2.05) is 0 Å². The molecule has 10 aromatic rings. The molecule has 0 fully saturated rings. The Morgan fingerprint density at radius 3 is 1.64 bits per heavy atom. The van der Waals surface area contributed by atoms with Crippen molar-refractivity contribution in [1.82, 2.24) is 4.57 Å². The van der Waals surface area contributed by atoms with E-state index in [9.17, 15) is 0 Å². The van der Waals surface area contributed by atoms with Gasteiger partial charge in [0, 0.05) is 38.7 Å². The first-order chi connectivity index (χ1) is 29.1. The SMILES string of the molecule is CC1(C)c2ccccc2-c2c(-c3ccccc3N(c3ccc4c5ccccc5n(-c5ccccc5)c4c3)c3ccccc3-c3ccccc3-c3ccccc3)cccc21.